The number of thioether (sulfide) groups is 4. The Hall–Kier alpha value is -11.5. The average molecular weight is 2220 g/mol. The zero-order valence-corrected chi connectivity index (χ0v) is 89.9. The first-order valence-electron chi connectivity index (χ1n) is 48.6. The van der Waals surface area contributed by atoms with Crippen LogP contribution in [-0.4, -0.2) is 247 Å². The van der Waals surface area contributed by atoms with Crippen LogP contribution in [-0.2, 0) is 125 Å². The molecule has 0 radical (unpaired) electrons. The van der Waals surface area contributed by atoms with Crippen LogP contribution in [0.1, 0.15) is 149 Å². The van der Waals surface area contributed by atoms with Gasteiger partial charge in [0.2, 0.25) is 82.7 Å². The number of amides is 14. The quantitative estimate of drug-likeness (QED) is 0.0136. The summed E-state index contributed by atoms with van der Waals surface area (Å²) in [4.78, 5) is 264. The molecule has 0 spiro atoms. The maximum absolute atomic E-state index is 14.7. The summed E-state index contributed by atoms with van der Waals surface area (Å²) in [6.45, 7) is 7.49. The minimum absolute atomic E-state index is 0.0335. The summed E-state index contributed by atoms with van der Waals surface area (Å²) in [5.41, 5.74) is 35.2. The Labute approximate surface area is 897 Å². The van der Waals surface area contributed by atoms with Gasteiger partial charge in [-0.05, 0) is 162 Å². The number of halogens is 3. The molecule has 4 fully saturated rings. The monoisotopic (exact) mass is 2210 g/mol. The molecule has 148 heavy (non-hydrogen) atoms. The van der Waals surface area contributed by atoms with Crippen LogP contribution in [0.25, 0.3) is 0 Å². The van der Waals surface area contributed by atoms with E-state index in [1.54, 1.807) is 82.3 Å². The number of primary amides is 2. The van der Waals surface area contributed by atoms with Crippen LogP contribution in [0.2, 0.25) is 10.0 Å². The van der Waals surface area contributed by atoms with Crippen molar-refractivity contribution in [2.45, 2.75) is 217 Å². The summed E-state index contributed by atoms with van der Waals surface area (Å²) in [6, 6.07) is 17.8. The number of benzene rings is 3. The van der Waals surface area contributed by atoms with Crippen molar-refractivity contribution in [2.24, 2.45) is 79.9 Å². The standard InChI is InChI=1S/C51H66ClFN10O9S3.C49H65ClN10O9S4/c1-29(2)44-49(71)60-39(24-43(54)66)42(65)23-33(50(72)63-28-74-27-41(63)48(70)59-38(8-3-17-57-51(55)56)46(68)58-25-37-7-5-19-75-37)26-73-18-4-6-36(64)22-32(20-30-9-13-34(52)14-10-30)45(67)61-40(47(69)62-44)21-31-11-15-35(53)16-12-31;1-28(2)42-47(68)57-37(23-41(51)63)40(62)21-31(48(69)60-27-71-26-39(60)46(67)56-36(10-3-15-54-49(52)53)44(65)55-24-35-9-6-18-73-35)25-70-16-4-7-33(61)20-30(19-29-11-13-32(50)14-12-29)43(64)58-38(45(66)59-42)22-34-8-5-17-72-34/h5,7,9-16,19,29,32-33,38-41,44H,3-4,6,8,17-18,20-28H2,1-2H3,(H2,54,66)(H,58,68)(H,59,70)(H,60,71)(H,61,67)(H,62,69)(H4,55,56,57);5-6,8-9,11-14,17-18,28,30-31,36-39,42H,3-4,7,10,15-16,19-27H2,1-2H3,(H2,51,63)(H,55,65)(H,56,67)(H,57,68)(H,58,64)(H,59,66)(H4,52,53,54)/t32-,33+,38-,39+,40+,41+,44+;30-,31+,36-,37+,38+,39+,42+/m11/s1. The van der Waals surface area contributed by atoms with E-state index < -0.39 is 222 Å². The van der Waals surface area contributed by atoms with Gasteiger partial charge in [0.15, 0.2) is 23.5 Å². The van der Waals surface area contributed by atoms with E-state index in [0.29, 0.717) is 58.4 Å². The average Bonchev–Trinajstić information content (AvgIpc) is 1.71. The van der Waals surface area contributed by atoms with Crippen LogP contribution < -0.4 is 87.6 Å². The molecular weight excluding hydrogens is 2080 g/mol. The van der Waals surface area contributed by atoms with E-state index in [9.17, 15) is 90.7 Å². The molecular formula is C100H131Cl2FN20O18S7. The van der Waals surface area contributed by atoms with Crippen molar-refractivity contribution < 1.29 is 90.7 Å². The second-order valence-corrected chi connectivity index (χ2v) is 45.3. The summed E-state index contributed by atoms with van der Waals surface area (Å²) in [5, 5.41) is 34.2. The predicted octanol–water partition coefficient (Wildman–Crippen LogP) is 5.41. The molecule has 0 saturated carbocycles. The number of guanidine groups is 2. The van der Waals surface area contributed by atoms with Crippen molar-refractivity contribution in [2.75, 3.05) is 59.4 Å². The number of hydrogen-bond acceptors (Lipinski definition) is 27. The lowest BCUT2D eigenvalue weighted by molar-refractivity contribution is -0.143. The molecule has 3 aromatic heterocycles. The second kappa shape index (κ2) is 61.6. The molecule has 4 aliphatic heterocycles. The molecule has 6 aromatic rings. The highest BCUT2D eigenvalue weighted by atomic mass is 35.5. The number of Topliss-reactive ketones (excluding diaryl/α,β-unsaturated/α-hetero) is 4. The maximum atomic E-state index is 14.7. The van der Waals surface area contributed by atoms with Gasteiger partial charge in [0.1, 0.15) is 65.7 Å². The van der Waals surface area contributed by atoms with E-state index in [1.807, 2.05) is 46.5 Å². The minimum atomic E-state index is -1.54. The number of nitrogens with one attached hydrogen (secondary N) is 10. The van der Waals surface area contributed by atoms with Crippen LogP contribution in [0.4, 0.5) is 4.39 Å². The third-order valence-corrected chi connectivity index (χ3v) is 32.3. The number of aliphatic imine (C=N–C) groups is 2. The number of ketones is 4. The van der Waals surface area contributed by atoms with Crippen molar-refractivity contribution in [3.63, 3.8) is 0 Å². The lowest BCUT2D eigenvalue weighted by atomic mass is 9.91. The van der Waals surface area contributed by atoms with Crippen LogP contribution in [0.15, 0.2) is 135 Å². The number of thiophene rings is 3. The zero-order valence-electron chi connectivity index (χ0n) is 82.7. The predicted molar refractivity (Wildman–Crippen MR) is 575 cm³/mol. The number of hydrogen-bond donors (Lipinski definition) is 16. The van der Waals surface area contributed by atoms with Crippen LogP contribution >= 0.6 is 104 Å². The van der Waals surface area contributed by atoms with Gasteiger partial charge in [-0.2, -0.15) is 23.5 Å². The Kier molecular flexibility index (Phi) is 49.9. The smallest absolute Gasteiger partial charge is 0.244 e. The summed E-state index contributed by atoms with van der Waals surface area (Å²) < 4.78 is 14.0. The molecule has 38 nitrogen and oxygen atoms in total. The lowest BCUT2D eigenvalue weighted by Gasteiger charge is -2.30. The summed E-state index contributed by atoms with van der Waals surface area (Å²) >= 11 is 21.8. The third-order valence-electron chi connectivity index (χ3n) is 24.6. The number of carbonyl (C=O) groups excluding carboxylic acids is 18. The van der Waals surface area contributed by atoms with Gasteiger partial charge in [0.25, 0.3) is 0 Å². The van der Waals surface area contributed by atoms with E-state index in [1.165, 1.54) is 115 Å². The highest BCUT2D eigenvalue weighted by molar-refractivity contribution is 8.00. The molecule has 7 heterocycles. The van der Waals surface area contributed by atoms with Gasteiger partial charge in [-0.15, -0.1) is 57.5 Å². The highest BCUT2D eigenvalue weighted by Gasteiger charge is 2.45. The van der Waals surface area contributed by atoms with Crippen molar-refractivity contribution in [1.29, 1.82) is 0 Å². The van der Waals surface area contributed by atoms with Crippen LogP contribution in [0.3, 0.4) is 0 Å². The minimum Gasteiger partial charge on any atom is -0.370 e. The normalized spacial score (nSPS) is 22.2. The molecule has 4 saturated heterocycles. The molecule has 48 heteroatoms. The Morgan fingerprint density at radius 1 is 0.432 bits per heavy atom. The first kappa shape index (κ1) is 120. The van der Waals surface area contributed by atoms with Gasteiger partial charge in [0, 0.05) is 124 Å². The third kappa shape index (κ3) is 40.4. The van der Waals surface area contributed by atoms with E-state index >= 15 is 0 Å². The Morgan fingerprint density at radius 3 is 1.16 bits per heavy atom. The topological polar surface area (TPSA) is 615 Å². The molecule has 14 atom stereocenters. The first-order valence-corrected chi connectivity index (χ1v) is 56.6. The SMILES string of the molecule is CC(C)[C@@H]1NC(=O)[C@H](Cc2ccc(F)cc2)NC(=O)[C@H](Cc2ccc(Cl)cc2)CC(=O)CCCSC[C@@H](C(=O)N2CSC[C@H]2C(=O)N[C@H](CCCN=C(N)N)C(=O)NCc2cccs2)CC(=O)[C@H](CC(N)=O)NC1=O.CC(C)[C@@H]1NC(=O)[C@H](Cc2cccs2)NC(=O)[C@H](Cc2ccc(Cl)cc2)CC(=O)CCCSC[C@@H](C(=O)N2CSC[C@H]2C(=O)N[C@H](CCCN=C(N)N)C(=O)NCc2cccs2)CC(=O)[C@H](CC(N)=O)NC1=O. The highest BCUT2D eigenvalue weighted by Crippen LogP contribution is 2.32. The van der Waals surface area contributed by atoms with E-state index in [2.05, 4.69) is 63.2 Å². The second-order valence-electron chi connectivity index (χ2n) is 37.1. The van der Waals surface area contributed by atoms with Crippen molar-refractivity contribution >= 4 is 222 Å². The molecule has 0 bridgehead atoms. The van der Waals surface area contributed by atoms with Crippen LogP contribution in [0, 0.1) is 41.3 Å². The van der Waals surface area contributed by atoms with Crippen molar-refractivity contribution in [1.82, 2.24) is 63.0 Å². The molecule has 4 aliphatic rings. The fourth-order valence-electron chi connectivity index (χ4n) is 16.7. The molecule has 10 rings (SSSR count). The van der Waals surface area contributed by atoms with E-state index in [-0.39, 0.29) is 149 Å². The van der Waals surface area contributed by atoms with Gasteiger partial charge < -0.3 is 97.4 Å². The van der Waals surface area contributed by atoms with Gasteiger partial charge >= 0.3 is 0 Å². The lowest BCUT2D eigenvalue weighted by Crippen LogP contribution is -2.58. The molecule has 0 aliphatic carbocycles. The van der Waals surface area contributed by atoms with E-state index in [0.717, 1.165) is 20.2 Å². The van der Waals surface area contributed by atoms with Crippen molar-refractivity contribution in [3.8, 4) is 0 Å². The number of nitrogens with zero attached hydrogens (tertiary/aromatic N) is 4. The fourth-order valence-corrected chi connectivity index (χ4v) is 23.4. The molecule has 3 aromatic carbocycles. The van der Waals surface area contributed by atoms with Crippen LogP contribution in [0.5, 0.6) is 0 Å². The molecule has 22 N–H and O–H groups in total. The summed E-state index contributed by atoms with van der Waals surface area (Å²) in [7, 11) is 0. The molecule has 0 unspecified atom stereocenters. The largest absolute Gasteiger partial charge is 0.370 e. The van der Waals surface area contributed by atoms with Gasteiger partial charge in [0.05, 0.1) is 61.6 Å². The number of carbonyl (C=O) groups is 18. The van der Waals surface area contributed by atoms with Gasteiger partial charge in [-0.1, -0.05) is 105 Å². The summed E-state index contributed by atoms with van der Waals surface area (Å²) in [6.07, 6.45) is -0.449. The van der Waals surface area contributed by atoms with Gasteiger partial charge in [-0.3, -0.25) is 96.3 Å². The Morgan fingerprint density at radius 2 is 0.797 bits per heavy atom. The zero-order chi connectivity index (χ0) is 108. The van der Waals surface area contributed by atoms with Gasteiger partial charge in [-0.25, -0.2) is 4.39 Å². The Balaban J connectivity index is 0.000000329. The fraction of sp³-hybridized carbons (Fsp3) is 0.500. The molecule has 802 valence electrons. The number of nitrogens with two attached hydrogens (primary N) is 6. The maximum Gasteiger partial charge on any atom is 0.244 e. The number of rotatable bonds is 34. The van der Waals surface area contributed by atoms with E-state index in [4.69, 9.17) is 57.6 Å². The first-order chi connectivity index (χ1) is 70.6. The molecule has 14 amide bonds. The Bertz CT molecular complexity index is 5580. The summed E-state index contributed by atoms with van der Waals surface area (Å²) in [5.74, 6) is -15.8. The van der Waals surface area contributed by atoms with Crippen molar-refractivity contribution in [3.05, 3.63) is 173 Å².